The lowest BCUT2D eigenvalue weighted by Gasteiger charge is -2.38. The van der Waals surface area contributed by atoms with Crippen molar-refractivity contribution in [1.82, 2.24) is 9.88 Å². The summed E-state index contributed by atoms with van der Waals surface area (Å²) in [4.78, 5) is 18.7. The van der Waals surface area contributed by atoms with E-state index in [4.69, 9.17) is 4.74 Å². The van der Waals surface area contributed by atoms with E-state index >= 15 is 0 Å². The fourth-order valence-electron chi connectivity index (χ4n) is 3.40. The summed E-state index contributed by atoms with van der Waals surface area (Å²) < 4.78 is 5.22. The molecule has 0 N–H and O–H groups in total. The molecule has 1 aromatic heterocycles. The summed E-state index contributed by atoms with van der Waals surface area (Å²) >= 11 is 0. The fraction of sp³-hybridized carbons (Fsp3) is 0.625. The summed E-state index contributed by atoms with van der Waals surface area (Å²) in [6, 6.07) is 0. The number of hydrogen-bond donors (Lipinski definition) is 0. The van der Waals surface area contributed by atoms with Crippen molar-refractivity contribution >= 4 is 5.91 Å². The van der Waals surface area contributed by atoms with E-state index in [2.05, 4.69) is 11.9 Å². The Bertz CT molecular complexity index is 509. The van der Waals surface area contributed by atoms with Crippen LogP contribution in [0.2, 0.25) is 0 Å². The van der Waals surface area contributed by atoms with Crippen LogP contribution in [-0.2, 0) is 29.1 Å². The number of aromatic nitrogens is 1. The van der Waals surface area contributed by atoms with Gasteiger partial charge in [0, 0.05) is 38.5 Å². The maximum Gasteiger partial charge on any atom is 0.226 e. The van der Waals surface area contributed by atoms with Gasteiger partial charge in [-0.1, -0.05) is 6.92 Å². The first-order chi connectivity index (χ1) is 9.69. The molecule has 2 aliphatic rings. The molecule has 0 atom stereocenters. The predicted molar refractivity (Wildman–Crippen MR) is 76.0 cm³/mol. The van der Waals surface area contributed by atoms with Gasteiger partial charge in [-0.2, -0.15) is 0 Å². The Labute approximate surface area is 120 Å². The zero-order valence-corrected chi connectivity index (χ0v) is 12.3. The molecule has 1 saturated carbocycles. The third-order valence-corrected chi connectivity index (χ3v) is 4.56. The molecule has 20 heavy (non-hydrogen) atoms. The van der Waals surface area contributed by atoms with E-state index in [-0.39, 0.29) is 5.92 Å². The number of fused-ring (bicyclic) bond motifs is 1. The molecule has 0 spiro atoms. The Balaban J connectivity index is 1.72. The number of pyridine rings is 1. The number of carbonyl (C=O) groups is 1. The van der Waals surface area contributed by atoms with Gasteiger partial charge in [-0.15, -0.1) is 0 Å². The molecular weight excluding hydrogens is 252 g/mol. The highest BCUT2D eigenvalue weighted by Crippen LogP contribution is 2.35. The molecule has 1 aliphatic heterocycles. The lowest BCUT2D eigenvalue weighted by Crippen LogP contribution is -2.43. The van der Waals surface area contributed by atoms with E-state index in [1.807, 2.05) is 17.3 Å². The second-order valence-corrected chi connectivity index (χ2v) is 6.15. The molecule has 0 saturated heterocycles. The Morgan fingerprint density at radius 3 is 2.95 bits per heavy atom. The molecule has 4 heteroatoms. The Kier molecular flexibility index (Phi) is 3.74. The van der Waals surface area contributed by atoms with E-state index in [9.17, 15) is 4.79 Å². The van der Waals surface area contributed by atoms with Crippen molar-refractivity contribution in [1.29, 1.82) is 0 Å². The van der Waals surface area contributed by atoms with Crippen LogP contribution in [0.25, 0.3) is 0 Å². The van der Waals surface area contributed by atoms with Crippen LogP contribution in [0.1, 0.15) is 36.5 Å². The molecule has 0 unspecified atom stereocenters. The summed E-state index contributed by atoms with van der Waals surface area (Å²) in [5.74, 6) is 1.32. The molecule has 4 nitrogen and oxygen atoms in total. The van der Waals surface area contributed by atoms with E-state index < -0.39 is 0 Å². The average Bonchev–Trinajstić information content (AvgIpc) is 2.43. The van der Waals surface area contributed by atoms with Crippen LogP contribution in [0.4, 0.5) is 0 Å². The van der Waals surface area contributed by atoms with Crippen LogP contribution in [-0.4, -0.2) is 29.4 Å². The minimum absolute atomic E-state index is 0.265. The molecule has 0 radical (unpaired) electrons. The summed E-state index contributed by atoms with van der Waals surface area (Å²) in [6.45, 7) is 4.36. The third-order valence-electron chi connectivity index (χ3n) is 4.56. The van der Waals surface area contributed by atoms with Crippen LogP contribution in [0.3, 0.4) is 0 Å². The number of rotatable bonds is 3. The van der Waals surface area contributed by atoms with Crippen molar-refractivity contribution in [3.63, 3.8) is 0 Å². The van der Waals surface area contributed by atoms with Crippen molar-refractivity contribution in [3.8, 4) is 0 Å². The first-order valence-corrected chi connectivity index (χ1v) is 7.41. The van der Waals surface area contributed by atoms with Crippen molar-refractivity contribution in [2.24, 2.45) is 11.8 Å². The average molecular weight is 274 g/mol. The Morgan fingerprint density at radius 2 is 2.25 bits per heavy atom. The quantitative estimate of drug-likeness (QED) is 0.848. The van der Waals surface area contributed by atoms with Gasteiger partial charge < -0.3 is 9.64 Å². The lowest BCUT2D eigenvalue weighted by molar-refractivity contribution is -0.140. The van der Waals surface area contributed by atoms with Gasteiger partial charge in [-0.05, 0) is 41.9 Å². The van der Waals surface area contributed by atoms with Crippen molar-refractivity contribution in [2.75, 3.05) is 13.7 Å². The Morgan fingerprint density at radius 1 is 1.45 bits per heavy atom. The van der Waals surface area contributed by atoms with E-state index in [1.54, 1.807) is 7.11 Å². The van der Waals surface area contributed by atoms with Crippen molar-refractivity contribution in [3.05, 3.63) is 29.1 Å². The SMILES string of the molecule is COCc1cncc2c1CCN(C(=O)C1CC(C)C1)C2. The van der Waals surface area contributed by atoms with Gasteiger partial charge >= 0.3 is 0 Å². The molecule has 1 aromatic rings. The maximum atomic E-state index is 12.4. The first-order valence-electron chi connectivity index (χ1n) is 7.41. The van der Waals surface area contributed by atoms with Crippen LogP contribution >= 0.6 is 0 Å². The van der Waals surface area contributed by atoms with Gasteiger partial charge in [0.05, 0.1) is 6.61 Å². The highest BCUT2D eigenvalue weighted by molar-refractivity contribution is 5.80. The second kappa shape index (κ2) is 5.52. The fourth-order valence-corrected chi connectivity index (χ4v) is 3.40. The number of nitrogens with zero attached hydrogens (tertiary/aromatic N) is 2. The van der Waals surface area contributed by atoms with Gasteiger partial charge in [0.2, 0.25) is 5.91 Å². The summed E-state index contributed by atoms with van der Waals surface area (Å²) in [5.41, 5.74) is 3.67. The highest BCUT2D eigenvalue weighted by atomic mass is 16.5. The number of carbonyl (C=O) groups excluding carboxylic acids is 1. The zero-order chi connectivity index (χ0) is 14.1. The molecule has 1 fully saturated rings. The van der Waals surface area contributed by atoms with Gasteiger partial charge in [0.25, 0.3) is 0 Å². The van der Waals surface area contributed by atoms with Gasteiger partial charge in [0.15, 0.2) is 0 Å². The standard InChI is InChI=1S/C16H22N2O2/c1-11-5-12(6-11)16(19)18-4-3-15-13(9-18)7-17-8-14(15)10-20-2/h7-8,11-12H,3-6,9-10H2,1-2H3. The van der Waals surface area contributed by atoms with Crippen LogP contribution in [0.15, 0.2) is 12.4 Å². The second-order valence-electron chi connectivity index (χ2n) is 6.15. The van der Waals surface area contributed by atoms with Crippen LogP contribution < -0.4 is 0 Å². The number of hydrogen-bond acceptors (Lipinski definition) is 3. The molecule has 3 rings (SSSR count). The molecule has 108 valence electrons. The normalized spacial score (nSPS) is 25.0. The lowest BCUT2D eigenvalue weighted by atomic mass is 9.75. The topological polar surface area (TPSA) is 42.4 Å². The summed E-state index contributed by atoms with van der Waals surface area (Å²) in [5, 5.41) is 0. The molecule has 0 bridgehead atoms. The minimum atomic E-state index is 0.265. The van der Waals surface area contributed by atoms with Gasteiger partial charge in [0.1, 0.15) is 0 Å². The highest BCUT2D eigenvalue weighted by Gasteiger charge is 2.35. The Hall–Kier alpha value is -1.42. The first kappa shape index (κ1) is 13.6. The molecular formula is C16H22N2O2. The molecule has 0 aromatic carbocycles. The van der Waals surface area contributed by atoms with Gasteiger partial charge in [-0.25, -0.2) is 0 Å². The van der Waals surface area contributed by atoms with E-state index in [0.717, 1.165) is 37.3 Å². The summed E-state index contributed by atoms with van der Waals surface area (Å²) in [7, 11) is 1.70. The monoisotopic (exact) mass is 274 g/mol. The molecule has 2 heterocycles. The number of amides is 1. The molecule has 1 aliphatic carbocycles. The van der Waals surface area contributed by atoms with Gasteiger partial charge in [-0.3, -0.25) is 9.78 Å². The molecule has 1 amide bonds. The van der Waals surface area contributed by atoms with Crippen molar-refractivity contribution < 1.29 is 9.53 Å². The third kappa shape index (κ3) is 2.44. The number of ether oxygens (including phenoxy) is 1. The van der Waals surface area contributed by atoms with E-state index in [0.29, 0.717) is 19.1 Å². The van der Waals surface area contributed by atoms with Crippen LogP contribution in [0, 0.1) is 11.8 Å². The van der Waals surface area contributed by atoms with Crippen molar-refractivity contribution in [2.45, 2.75) is 39.3 Å². The van der Waals surface area contributed by atoms with E-state index in [1.165, 1.54) is 11.1 Å². The maximum absolute atomic E-state index is 12.4. The smallest absolute Gasteiger partial charge is 0.226 e. The van der Waals surface area contributed by atoms with Crippen LogP contribution in [0.5, 0.6) is 0 Å². The minimum Gasteiger partial charge on any atom is -0.380 e. The summed E-state index contributed by atoms with van der Waals surface area (Å²) in [6.07, 6.45) is 6.82. The largest absolute Gasteiger partial charge is 0.380 e. The predicted octanol–water partition coefficient (Wildman–Crippen LogP) is 2.16. The zero-order valence-electron chi connectivity index (χ0n) is 12.3. The number of methoxy groups -OCH3 is 1.